The fraction of sp³-hybridized carbons (Fsp3) is 0.286. The van der Waals surface area contributed by atoms with Crippen LogP contribution in [-0.2, 0) is 6.42 Å². The maximum atomic E-state index is 11.0. The fourth-order valence-corrected chi connectivity index (χ4v) is 1.95. The van der Waals surface area contributed by atoms with Gasteiger partial charge < -0.3 is 5.11 Å². The van der Waals surface area contributed by atoms with Crippen molar-refractivity contribution in [3.8, 4) is 11.3 Å². The van der Waals surface area contributed by atoms with E-state index >= 15 is 0 Å². The van der Waals surface area contributed by atoms with E-state index in [9.17, 15) is 4.79 Å². The van der Waals surface area contributed by atoms with Gasteiger partial charge >= 0.3 is 5.97 Å². The third-order valence-electron chi connectivity index (χ3n) is 2.76. The molecule has 1 aromatic carbocycles. The lowest BCUT2D eigenvalue weighted by Gasteiger charge is -2.06. The molecule has 0 amide bonds. The number of benzene rings is 1. The maximum Gasteiger partial charge on any atom is 0.339 e. The molecule has 1 heterocycles. The van der Waals surface area contributed by atoms with Gasteiger partial charge in [-0.1, -0.05) is 38.1 Å². The summed E-state index contributed by atoms with van der Waals surface area (Å²) in [6, 6.07) is 7.92. The average molecular weight is 244 g/mol. The standard InChI is InChI=1S/C14H16N2O2/c1-9(2)7-10-3-5-11(6-4-10)13-12(14(17)18)8-15-16-13/h3-6,8-9H,7H2,1-2H3,(H,15,16)(H,17,18). The van der Waals surface area contributed by atoms with Crippen LogP contribution in [0.3, 0.4) is 0 Å². The molecule has 1 aromatic heterocycles. The molecular weight excluding hydrogens is 228 g/mol. The number of aromatic carboxylic acids is 1. The molecule has 2 N–H and O–H groups in total. The molecule has 0 unspecified atom stereocenters. The first-order chi connectivity index (χ1) is 8.58. The minimum Gasteiger partial charge on any atom is -0.478 e. The monoisotopic (exact) mass is 244 g/mol. The van der Waals surface area contributed by atoms with E-state index in [1.54, 1.807) is 0 Å². The first kappa shape index (κ1) is 12.4. The van der Waals surface area contributed by atoms with Gasteiger partial charge in [-0.05, 0) is 17.9 Å². The number of aromatic amines is 1. The van der Waals surface area contributed by atoms with E-state index in [-0.39, 0.29) is 5.56 Å². The highest BCUT2D eigenvalue weighted by molar-refractivity contribution is 5.94. The van der Waals surface area contributed by atoms with Gasteiger partial charge in [-0.2, -0.15) is 5.10 Å². The van der Waals surface area contributed by atoms with Gasteiger partial charge in [-0.3, -0.25) is 5.10 Å². The van der Waals surface area contributed by atoms with E-state index in [0.29, 0.717) is 11.6 Å². The Morgan fingerprint density at radius 3 is 2.56 bits per heavy atom. The molecule has 18 heavy (non-hydrogen) atoms. The van der Waals surface area contributed by atoms with Gasteiger partial charge in [0.1, 0.15) is 5.56 Å². The van der Waals surface area contributed by atoms with Crippen LogP contribution in [0.4, 0.5) is 0 Å². The number of aromatic nitrogens is 2. The Bertz CT molecular complexity index is 541. The van der Waals surface area contributed by atoms with Crippen LogP contribution in [0.25, 0.3) is 11.3 Å². The zero-order valence-corrected chi connectivity index (χ0v) is 10.5. The van der Waals surface area contributed by atoms with E-state index in [1.807, 2.05) is 24.3 Å². The SMILES string of the molecule is CC(C)Cc1ccc(-c2[nH]ncc2C(=O)O)cc1. The topological polar surface area (TPSA) is 66.0 Å². The minimum atomic E-state index is -0.968. The van der Waals surface area contributed by atoms with E-state index in [1.165, 1.54) is 11.8 Å². The Hall–Kier alpha value is -2.10. The van der Waals surface area contributed by atoms with Crippen LogP contribution in [0, 0.1) is 5.92 Å². The van der Waals surface area contributed by atoms with Crippen molar-refractivity contribution in [1.29, 1.82) is 0 Å². The van der Waals surface area contributed by atoms with Gasteiger partial charge in [0.25, 0.3) is 0 Å². The second-order valence-electron chi connectivity index (χ2n) is 4.76. The maximum absolute atomic E-state index is 11.0. The molecule has 0 aliphatic heterocycles. The Kier molecular flexibility index (Phi) is 3.46. The van der Waals surface area contributed by atoms with Crippen molar-refractivity contribution in [2.24, 2.45) is 5.92 Å². The molecule has 0 atom stereocenters. The molecule has 4 nitrogen and oxygen atoms in total. The molecule has 2 aromatic rings. The molecular formula is C14H16N2O2. The quantitative estimate of drug-likeness (QED) is 0.868. The molecule has 94 valence electrons. The van der Waals surface area contributed by atoms with Crippen molar-refractivity contribution < 1.29 is 9.90 Å². The Morgan fingerprint density at radius 2 is 2.00 bits per heavy atom. The summed E-state index contributed by atoms with van der Waals surface area (Å²) in [5.41, 5.74) is 2.85. The van der Waals surface area contributed by atoms with Crippen LogP contribution in [0.1, 0.15) is 29.8 Å². The highest BCUT2D eigenvalue weighted by Gasteiger charge is 2.13. The Labute approximate surface area is 106 Å². The van der Waals surface area contributed by atoms with Crippen molar-refractivity contribution in [3.63, 3.8) is 0 Å². The molecule has 2 rings (SSSR count). The summed E-state index contributed by atoms with van der Waals surface area (Å²) in [6.45, 7) is 4.34. The van der Waals surface area contributed by atoms with Gasteiger partial charge in [0.15, 0.2) is 0 Å². The van der Waals surface area contributed by atoms with E-state index in [4.69, 9.17) is 5.11 Å². The first-order valence-corrected chi connectivity index (χ1v) is 5.94. The summed E-state index contributed by atoms with van der Waals surface area (Å²) in [5, 5.41) is 15.5. The molecule has 0 bridgehead atoms. The lowest BCUT2D eigenvalue weighted by molar-refractivity contribution is 0.0698. The summed E-state index contributed by atoms with van der Waals surface area (Å²) >= 11 is 0. The van der Waals surface area contributed by atoms with Gasteiger partial charge in [0.2, 0.25) is 0 Å². The average Bonchev–Trinajstić information content (AvgIpc) is 2.78. The number of nitrogens with one attached hydrogen (secondary N) is 1. The van der Waals surface area contributed by atoms with Crippen molar-refractivity contribution in [2.75, 3.05) is 0 Å². The molecule has 0 saturated heterocycles. The second kappa shape index (κ2) is 5.04. The second-order valence-corrected chi connectivity index (χ2v) is 4.76. The number of hydrogen-bond acceptors (Lipinski definition) is 2. The van der Waals surface area contributed by atoms with Gasteiger partial charge in [-0.15, -0.1) is 0 Å². The lowest BCUT2D eigenvalue weighted by Crippen LogP contribution is -1.97. The van der Waals surface area contributed by atoms with Crippen LogP contribution < -0.4 is 0 Å². The van der Waals surface area contributed by atoms with Crippen LogP contribution in [0.15, 0.2) is 30.5 Å². The van der Waals surface area contributed by atoms with Gasteiger partial charge in [-0.25, -0.2) is 4.79 Å². The molecule has 0 fully saturated rings. The number of H-pyrrole nitrogens is 1. The summed E-state index contributed by atoms with van der Waals surface area (Å²) in [5.74, 6) is -0.359. The fourth-order valence-electron chi connectivity index (χ4n) is 1.95. The van der Waals surface area contributed by atoms with Crippen LogP contribution in [-0.4, -0.2) is 21.3 Å². The highest BCUT2D eigenvalue weighted by atomic mass is 16.4. The van der Waals surface area contributed by atoms with E-state index in [2.05, 4.69) is 24.0 Å². The molecule has 0 radical (unpaired) electrons. The highest BCUT2D eigenvalue weighted by Crippen LogP contribution is 2.22. The predicted octanol–water partition coefficient (Wildman–Crippen LogP) is 2.97. The molecule has 0 saturated carbocycles. The molecule has 0 aliphatic rings. The Morgan fingerprint density at radius 1 is 1.33 bits per heavy atom. The smallest absolute Gasteiger partial charge is 0.339 e. The molecule has 0 aliphatic carbocycles. The third-order valence-corrected chi connectivity index (χ3v) is 2.76. The molecule has 4 heteroatoms. The third kappa shape index (κ3) is 2.59. The van der Waals surface area contributed by atoms with Crippen LogP contribution in [0.2, 0.25) is 0 Å². The number of carboxylic acid groups (broad SMARTS) is 1. The van der Waals surface area contributed by atoms with Crippen molar-refractivity contribution >= 4 is 5.97 Å². The molecule has 0 spiro atoms. The summed E-state index contributed by atoms with van der Waals surface area (Å²) in [4.78, 5) is 11.0. The van der Waals surface area contributed by atoms with Crippen molar-refractivity contribution in [3.05, 3.63) is 41.6 Å². The number of nitrogens with zero attached hydrogens (tertiary/aromatic N) is 1. The zero-order valence-electron chi connectivity index (χ0n) is 10.5. The van der Waals surface area contributed by atoms with Gasteiger partial charge in [0, 0.05) is 5.56 Å². The largest absolute Gasteiger partial charge is 0.478 e. The number of hydrogen-bond donors (Lipinski definition) is 2. The van der Waals surface area contributed by atoms with Crippen LogP contribution in [0.5, 0.6) is 0 Å². The zero-order chi connectivity index (χ0) is 13.1. The van der Waals surface area contributed by atoms with Gasteiger partial charge in [0.05, 0.1) is 11.9 Å². The predicted molar refractivity (Wildman–Crippen MR) is 69.5 cm³/mol. The first-order valence-electron chi connectivity index (χ1n) is 5.94. The van der Waals surface area contributed by atoms with Crippen LogP contribution >= 0.6 is 0 Å². The van der Waals surface area contributed by atoms with Crippen molar-refractivity contribution in [2.45, 2.75) is 20.3 Å². The minimum absolute atomic E-state index is 0.201. The number of carbonyl (C=O) groups is 1. The Balaban J connectivity index is 2.29. The summed E-state index contributed by atoms with van der Waals surface area (Å²) < 4.78 is 0. The van der Waals surface area contributed by atoms with E-state index in [0.717, 1.165) is 12.0 Å². The summed E-state index contributed by atoms with van der Waals surface area (Å²) in [7, 11) is 0. The van der Waals surface area contributed by atoms with Crippen molar-refractivity contribution in [1.82, 2.24) is 10.2 Å². The number of carboxylic acids is 1. The normalized spacial score (nSPS) is 10.8. The van der Waals surface area contributed by atoms with E-state index < -0.39 is 5.97 Å². The lowest BCUT2D eigenvalue weighted by atomic mass is 10.00. The summed E-state index contributed by atoms with van der Waals surface area (Å²) in [6.07, 6.45) is 2.36. The number of rotatable bonds is 4.